The second-order valence-electron chi connectivity index (χ2n) is 5.80. The molecule has 1 aliphatic rings. The van der Waals surface area contributed by atoms with Crippen LogP contribution in [0.3, 0.4) is 0 Å². The predicted octanol–water partition coefficient (Wildman–Crippen LogP) is -1.03. The van der Waals surface area contributed by atoms with E-state index in [2.05, 4.69) is 0 Å². The van der Waals surface area contributed by atoms with Crippen LogP contribution in [0.2, 0.25) is 0 Å². The van der Waals surface area contributed by atoms with Crippen molar-refractivity contribution in [3.05, 3.63) is 0 Å². The largest absolute Gasteiger partial charge is 0.479 e. The molecule has 7 nitrogen and oxygen atoms in total. The van der Waals surface area contributed by atoms with Crippen molar-refractivity contribution >= 4 is 5.97 Å². The van der Waals surface area contributed by atoms with Crippen LogP contribution in [0.15, 0.2) is 0 Å². The standard InChI is InChI=1S/C13H24O7/c1-6(2)13(12(18)19)4-8(15)7(3)11(20-13)10(17)9(16)5-14/h6-11,14-17H,4-5H2,1-3H3,(H,18,19)/t7-,8?,9-,10-,11-,13+/m1/s1. The van der Waals surface area contributed by atoms with Gasteiger partial charge in [0.05, 0.1) is 18.8 Å². The van der Waals surface area contributed by atoms with Crippen LogP contribution in [0.1, 0.15) is 27.2 Å². The van der Waals surface area contributed by atoms with Gasteiger partial charge in [0.1, 0.15) is 12.2 Å². The van der Waals surface area contributed by atoms with Crippen molar-refractivity contribution in [2.45, 2.75) is 57.2 Å². The molecule has 1 unspecified atom stereocenters. The van der Waals surface area contributed by atoms with E-state index in [1.807, 2.05) is 0 Å². The Morgan fingerprint density at radius 1 is 1.40 bits per heavy atom. The molecule has 1 heterocycles. The van der Waals surface area contributed by atoms with Gasteiger partial charge in [-0.3, -0.25) is 0 Å². The summed E-state index contributed by atoms with van der Waals surface area (Å²) in [7, 11) is 0. The Kier molecular flexibility index (Phi) is 5.51. The molecule has 118 valence electrons. The van der Waals surface area contributed by atoms with Gasteiger partial charge in [0.25, 0.3) is 0 Å². The first-order valence-corrected chi connectivity index (χ1v) is 6.73. The van der Waals surface area contributed by atoms with Crippen LogP contribution in [-0.4, -0.2) is 68.1 Å². The number of aliphatic hydroxyl groups is 4. The third kappa shape index (κ3) is 2.96. The molecule has 0 aliphatic carbocycles. The van der Waals surface area contributed by atoms with Gasteiger partial charge in [-0.15, -0.1) is 0 Å². The number of rotatable bonds is 5. The van der Waals surface area contributed by atoms with E-state index in [-0.39, 0.29) is 6.42 Å². The fourth-order valence-corrected chi connectivity index (χ4v) is 2.58. The Morgan fingerprint density at radius 3 is 2.35 bits per heavy atom. The lowest BCUT2D eigenvalue weighted by Gasteiger charge is -2.47. The summed E-state index contributed by atoms with van der Waals surface area (Å²) >= 11 is 0. The van der Waals surface area contributed by atoms with E-state index in [4.69, 9.17) is 9.84 Å². The number of ether oxygens (including phenoxy) is 1. The van der Waals surface area contributed by atoms with Crippen molar-refractivity contribution in [2.75, 3.05) is 6.61 Å². The number of carboxylic acid groups (broad SMARTS) is 1. The molecule has 1 rings (SSSR count). The maximum atomic E-state index is 11.5. The summed E-state index contributed by atoms with van der Waals surface area (Å²) in [6.07, 6.45) is -5.05. The van der Waals surface area contributed by atoms with Gasteiger partial charge in [-0.05, 0) is 5.92 Å². The normalized spacial score (nSPS) is 37.7. The van der Waals surface area contributed by atoms with Crippen molar-refractivity contribution < 1.29 is 35.1 Å². The van der Waals surface area contributed by atoms with Gasteiger partial charge in [0.15, 0.2) is 5.60 Å². The van der Waals surface area contributed by atoms with E-state index in [1.165, 1.54) is 0 Å². The highest BCUT2D eigenvalue weighted by molar-refractivity contribution is 5.78. The molecule has 0 aromatic heterocycles. The second kappa shape index (κ2) is 6.36. The van der Waals surface area contributed by atoms with E-state index in [0.717, 1.165) is 0 Å². The van der Waals surface area contributed by atoms with E-state index < -0.39 is 54.4 Å². The smallest absolute Gasteiger partial charge is 0.336 e. The summed E-state index contributed by atoms with van der Waals surface area (Å²) in [6, 6.07) is 0. The maximum absolute atomic E-state index is 11.5. The highest BCUT2D eigenvalue weighted by Gasteiger charge is 2.54. The summed E-state index contributed by atoms with van der Waals surface area (Å²) in [4.78, 5) is 11.5. The van der Waals surface area contributed by atoms with Gasteiger partial charge < -0.3 is 30.3 Å². The molecule has 0 amide bonds. The van der Waals surface area contributed by atoms with E-state index in [0.29, 0.717) is 0 Å². The number of aliphatic carboxylic acids is 1. The maximum Gasteiger partial charge on any atom is 0.336 e. The number of carboxylic acids is 1. The topological polar surface area (TPSA) is 127 Å². The molecule has 0 aromatic carbocycles. The molecule has 0 bridgehead atoms. The van der Waals surface area contributed by atoms with Crippen LogP contribution in [-0.2, 0) is 9.53 Å². The fourth-order valence-electron chi connectivity index (χ4n) is 2.58. The lowest BCUT2D eigenvalue weighted by atomic mass is 9.76. The zero-order valence-electron chi connectivity index (χ0n) is 11.9. The van der Waals surface area contributed by atoms with Crippen molar-refractivity contribution in [3.8, 4) is 0 Å². The summed E-state index contributed by atoms with van der Waals surface area (Å²) in [5.41, 5.74) is -1.62. The predicted molar refractivity (Wildman–Crippen MR) is 69.0 cm³/mol. The first-order valence-electron chi connectivity index (χ1n) is 6.73. The summed E-state index contributed by atoms with van der Waals surface area (Å²) in [6.45, 7) is 4.24. The molecule has 0 radical (unpaired) electrons. The van der Waals surface area contributed by atoms with Crippen molar-refractivity contribution in [1.29, 1.82) is 0 Å². The summed E-state index contributed by atoms with van der Waals surface area (Å²) in [5, 5.41) is 47.9. The number of carbonyl (C=O) groups is 1. The van der Waals surface area contributed by atoms with Crippen molar-refractivity contribution in [1.82, 2.24) is 0 Å². The molecule has 6 atom stereocenters. The summed E-state index contributed by atoms with van der Waals surface area (Å²) in [5.74, 6) is -2.20. The quantitative estimate of drug-likeness (QED) is 0.438. The SMILES string of the molecule is CC(C)[C@]1(C(=O)O)CC(O)[C@@H](C)[C@H]([C@H](O)[C@H](O)CO)O1. The van der Waals surface area contributed by atoms with Crippen LogP contribution in [0, 0.1) is 11.8 Å². The highest BCUT2D eigenvalue weighted by Crippen LogP contribution is 2.39. The number of hydrogen-bond acceptors (Lipinski definition) is 6. The van der Waals surface area contributed by atoms with Crippen molar-refractivity contribution in [3.63, 3.8) is 0 Å². The third-order valence-corrected chi connectivity index (χ3v) is 4.20. The van der Waals surface area contributed by atoms with Crippen LogP contribution in [0.25, 0.3) is 0 Å². The van der Waals surface area contributed by atoms with Crippen LogP contribution in [0.5, 0.6) is 0 Å². The monoisotopic (exact) mass is 292 g/mol. The molecular weight excluding hydrogens is 268 g/mol. The molecule has 7 heteroatoms. The third-order valence-electron chi connectivity index (χ3n) is 4.20. The van der Waals surface area contributed by atoms with Gasteiger partial charge >= 0.3 is 5.97 Å². The van der Waals surface area contributed by atoms with Crippen LogP contribution in [0.4, 0.5) is 0 Å². The Balaban J connectivity index is 3.09. The number of aliphatic hydroxyl groups excluding tert-OH is 4. The lowest BCUT2D eigenvalue weighted by Crippen LogP contribution is -2.62. The Hall–Kier alpha value is -0.730. The molecule has 20 heavy (non-hydrogen) atoms. The average molecular weight is 292 g/mol. The second-order valence-corrected chi connectivity index (χ2v) is 5.80. The molecule has 0 spiro atoms. The van der Waals surface area contributed by atoms with Crippen LogP contribution >= 0.6 is 0 Å². The fraction of sp³-hybridized carbons (Fsp3) is 0.923. The molecule has 1 aliphatic heterocycles. The lowest BCUT2D eigenvalue weighted by molar-refractivity contribution is -0.247. The molecular formula is C13H24O7. The minimum absolute atomic E-state index is 0.0837. The zero-order chi connectivity index (χ0) is 15.7. The van der Waals surface area contributed by atoms with Crippen molar-refractivity contribution in [2.24, 2.45) is 11.8 Å². The minimum atomic E-state index is -1.62. The molecule has 1 fully saturated rings. The molecule has 5 N–H and O–H groups in total. The number of hydrogen-bond donors (Lipinski definition) is 5. The van der Waals surface area contributed by atoms with Gasteiger partial charge in [-0.2, -0.15) is 0 Å². The zero-order valence-corrected chi connectivity index (χ0v) is 11.9. The minimum Gasteiger partial charge on any atom is -0.479 e. The van der Waals surface area contributed by atoms with E-state index in [9.17, 15) is 25.2 Å². The van der Waals surface area contributed by atoms with Gasteiger partial charge in [0.2, 0.25) is 0 Å². The highest BCUT2D eigenvalue weighted by atomic mass is 16.6. The Morgan fingerprint density at radius 2 is 1.95 bits per heavy atom. The molecule has 0 saturated carbocycles. The van der Waals surface area contributed by atoms with Gasteiger partial charge in [0, 0.05) is 12.3 Å². The first-order chi connectivity index (χ1) is 9.17. The van der Waals surface area contributed by atoms with Crippen LogP contribution < -0.4 is 0 Å². The van der Waals surface area contributed by atoms with E-state index >= 15 is 0 Å². The Bertz CT molecular complexity index is 346. The first kappa shape index (κ1) is 17.3. The van der Waals surface area contributed by atoms with Gasteiger partial charge in [-0.25, -0.2) is 4.79 Å². The van der Waals surface area contributed by atoms with Gasteiger partial charge in [-0.1, -0.05) is 20.8 Å². The molecule has 1 saturated heterocycles. The molecule has 0 aromatic rings. The Labute approximate surface area is 117 Å². The average Bonchev–Trinajstić information content (AvgIpc) is 2.39. The van der Waals surface area contributed by atoms with E-state index in [1.54, 1.807) is 20.8 Å². The summed E-state index contributed by atoms with van der Waals surface area (Å²) < 4.78 is 5.58.